The second kappa shape index (κ2) is 7.70. The number of hydrogen-bond donors (Lipinski definition) is 2. The van der Waals surface area contributed by atoms with Crippen LogP contribution in [0.3, 0.4) is 0 Å². The fraction of sp³-hybridized carbons (Fsp3) is 0.588. The minimum Gasteiger partial charge on any atom is -0.393 e. The van der Waals surface area contributed by atoms with Gasteiger partial charge in [0.25, 0.3) is 0 Å². The molecule has 1 saturated heterocycles. The first-order chi connectivity index (χ1) is 10.5. The van der Waals surface area contributed by atoms with Gasteiger partial charge in [-0.15, -0.1) is 0 Å². The van der Waals surface area contributed by atoms with E-state index in [1.165, 1.54) is 6.07 Å². The van der Waals surface area contributed by atoms with Gasteiger partial charge in [-0.3, -0.25) is 9.69 Å². The number of nitrogens with zero attached hydrogens (tertiary/aromatic N) is 1. The highest BCUT2D eigenvalue weighted by Gasteiger charge is 2.23. The third-order valence-electron chi connectivity index (χ3n) is 4.41. The predicted octanol–water partition coefficient (Wildman–Crippen LogP) is 1.84. The molecular formula is C17H25FN2O2. The Morgan fingerprint density at radius 2 is 2.14 bits per heavy atom. The summed E-state index contributed by atoms with van der Waals surface area (Å²) in [7, 11) is 0. The Kier molecular flexibility index (Phi) is 5.91. The van der Waals surface area contributed by atoms with Crippen molar-refractivity contribution in [3.05, 3.63) is 35.1 Å². The van der Waals surface area contributed by atoms with Crippen LogP contribution in [0.2, 0.25) is 0 Å². The van der Waals surface area contributed by atoms with Crippen molar-refractivity contribution in [3.63, 3.8) is 0 Å². The molecule has 1 aromatic carbocycles. The first-order valence-corrected chi connectivity index (χ1v) is 7.88. The molecule has 0 bridgehead atoms. The molecule has 1 aliphatic rings. The average molecular weight is 308 g/mol. The van der Waals surface area contributed by atoms with Gasteiger partial charge in [-0.1, -0.05) is 12.1 Å². The third kappa shape index (κ3) is 4.78. The lowest BCUT2D eigenvalue weighted by molar-refractivity contribution is -0.122. The monoisotopic (exact) mass is 308 g/mol. The number of amides is 1. The van der Waals surface area contributed by atoms with Crippen molar-refractivity contribution in [2.24, 2.45) is 5.92 Å². The summed E-state index contributed by atoms with van der Waals surface area (Å²) < 4.78 is 13.4. The highest BCUT2D eigenvalue weighted by molar-refractivity contribution is 5.78. The van der Waals surface area contributed by atoms with Crippen LogP contribution >= 0.6 is 0 Å². The number of aliphatic hydroxyl groups excluding tert-OH is 1. The quantitative estimate of drug-likeness (QED) is 0.873. The molecule has 122 valence electrons. The molecule has 2 N–H and O–H groups in total. The Balaban J connectivity index is 1.73. The van der Waals surface area contributed by atoms with Gasteiger partial charge in [0.1, 0.15) is 5.82 Å². The zero-order chi connectivity index (χ0) is 16.1. The van der Waals surface area contributed by atoms with Gasteiger partial charge in [-0.2, -0.15) is 0 Å². The van der Waals surface area contributed by atoms with Crippen molar-refractivity contribution in [1.82, 2.24) is 10.2 Å². The summed E-state index contributed by atoms with van der Waals surface area (Å²) >= 11 is 0. The first-order valence-electron chi connectivity index (χ1n) is 7.88. The normalized spacial score (nSPS) is 18.2. The molecule has 0 saturated carbocycles. The smallest absolute Gasteiger partial charge is 0.234 e. The van der Waals surface area contributed by atoms with Crippen LogP contribution in [0.1, 0.15) is 30.9 Å². The largest absolute Gasteiger partial charge is 0.393 e. The molecule has 0 aromatic heterocycles. The minimum absolute atomic E-state index is 0.0449. The van der Waals surface area contributed by atoms with E-state index < -0.39 is 0 Å². The fourth-order valence-corrected chi connectivity index (χ4v) is 2.80. The van der Waals surface area contributed by atoms with Crippen LogP contribution in [0.15, 0.2) is 18.2 Å². The van der Waals surface area contributed by atoms with Gasteiger partial charge in [0.15, 0.2) is 0 Å². The Bertz CT molecular complexity index is 511. The van der Waals surface area contributed by atoms with Gasteiger partial charge < -0.3 is 10.4 Å². The van der Waals surface area contributed by atoms with E-state index in [0.717, 1.165) is 31.5 Å². The number of carbonyl (C=O) groups is 1. The Morgan fingerprint density at radius 3 is 2.73 bits per heavy atom. The van der Waals surface area contributed by atoms with Gasteiger partial charge >= 0.3 is 0 Å². The molecule has 1 unspecified atom stereocenters. The maximum atomic E-state index is 13.4. The van der Waals surface area contributed by atoms with Crippen molar-refractivity contribution in [3.8, 4) is 0 Å². The van der Waals surface area contributed by atoms with Crippen molar-refractivity contribution >= 4 is 5.91 Å². The summed E-state index contributed by atoms with van der Waals surface area (Å²) in [5.74, 6) is 0.0540. The standard InChI is InChI=1S/C17H25FN2O2/c1-12-3-4-14(9-16(12)18)10-19-17(22)11-20-7-5-15(6-8-20)13(2)21/h3-4,9,13,15,21H,5-8,10-11H2,1-2H3,(H,19,22). The Hall–Kier alpha value is -1.46. The van der Waals surface area contributed by atoms with E-state index in [1.807, 2.05) is 13.0 Å². The molecule has 1 aliphatic heterocycles. The molecule has 1 amide bonds. The van der Waals surface area contributed by atoms with Crippen LogP contribution in [0, 0.1) is 18.7 Å². The van der Waals surface area contributed by atoms with Gasteiger partial charge in [0.2, 0.25) is 5.91 Å². The maximum absolute atomic E-state index is 13.4. The topological polar surface area (TPSA) is 52.6 Å². The number of aryl methyl sites for hydroxylation is 1. The number of carbonyl (C=O) groups excluding carboxylic acids is 1. The zero-order valence-electron chi connectivity index (χ0n) is 13.3. The summed E-state index contributed by atoms with van der Waals surface area (Å²) in [5, 5.41) is 12.4. The van der Waals surface area contributed by atoms with E-state index in [-0.39, 0.29) is 17.8 Å². The Morgan fingerprint density at radius 1 is 1.45 bits per heavy atom. The summed E-state index contributed by atoms with van der Waals surface area (Å²) in [6, 6.07) is 5.01. The van der Waals surface area contributed by atoms with Crippen molar-refractivity contribution < 1.29 is 14.3 Å². The van der Waals surface area contributed by atoms with Crippen LogP contribution < -0.4 is 5.32 Å². The molecule has 5 heteroatoms. The number of likely N-dealkylation sites (tertiary alicyclic amines) is 1. The number of halogens is 1. The molecule has 0 spiro atoms. The summed E-state index contributed by atoms with van der Waals surface area (Å²) in [5.41, 5.74) is 1.38. The average Bonchev–Trinajstić information content (AvgIpc) is 2.49. The first kappa shape index (κ1) is 16.9. The van der Waals surface area contributed by atoms with Crippen LogP contribution in [-0.2, 0) is 11.3 Å². The van der Waals surface area contributed by atoms with Crippen LogP contribution in [0.25, 0.3) is 0 Å². The van der Waals surface area contributed by atoms with E-state index in [4.69, 9.17) is 0 Å². The number of hydrogen-bond acceptors (Lipinski definition) is 3. The summed E-state index contributed by atoms with van der Waals surface area (Å²) in [6.07, 6.45) is 1.58. The van der Waals surface area contributed by atoms with E-state index in [1.54, 1.807) is 13.0 Å². The van der Waals surface area contributed by atoms with Crippen LogP contribution in [-0.4, -0.2) is 41.7 Å². The second-order valence-corrected chi connectivity index (χ2v) is 6.21. The van der Waals surface area contributed by atoms with Crippen LogP contribution in [0.4, 0.5) is 4.39 Å². The fourth-order valence-electron chi connectivity index (χ4n) is 2.80. The highest BCUT2D eigenvalue weighted by atomic mass is 19.1. The van der Waals surface area contributed by atoms with Gasteiger partial charge in [-0.05, 0) is 62.9 Å². The zero-order valence-corrected chi connectivity index (χ0v) is 13.3. The molecule has 2 rings (SSSR count). The summed E-state index contributed by atoms with van der Waals surface area (Å²) in [6.45, 7) is 5.92. The molecular weight excluding hydrogens is 283 g/mol. The number of benzene rings is 1. The molecule has 1 atom stereocenters. The van der Waals surface area contributed by atoms with Crippen molar-refractivity contribution in [1.29, 1.82) is 0 Å². The molecule has 1 heterocycles. The van der Waals surface area contributed by atoms with Crippen LogP contribution in [0.5, 0.6) is 0 Å². The van der Waals surface area contributed by atoms with Crippen molar-refractivity contribution in [2.45, 2.75) is 39.3 Å². The maximum Gasteiger partial charge on any atom is 0.234 e. The second-order valence-electron chi connectivity index (χ2n) is 6.21. The lowest BCUT2D eigenvalue weighted by atomic mass is 9.92. The number of nitrogens with one attached hydrogen (secondary N) is 1. The van der Waals surface area contributed by atoms with E-state index in [2.05, 4.69) is 10.2 Å². The molecule has 0 radical (unpaired) electrons. The predicted molar refractivity (Wildman–Crippen MR) is 83.8 cm³/mol. The van der Waals surface area contributed by atoms with Crippen molar-refractivity contribution in [2.75, 3.05) is 19.6 Å². The number of aliphatic hydroxyl groups is 1. The Labute approximate surface area is 131 Å². The van der Waals surface area contributed by atoms with E-state index >= 15 is 0 Å². The lowest BCUT2D eigenvalue weighted by Gasteiger charge is -2.32. The van der Waals surface area contributed by atoms with Gasteiger partial charge in [0.05, 0.1) is 12.6 Å². The molecule has 22 heavy (non-hydrogen) atoms. The molecule has 1 aromatic rings. The number of rotatable bonds is 5. The molecule has 0 aliphatic carbocycles. The minimum atomic E-state index is -0.271. The van der Waals surface area contributed by atoms with Gasteiger partial charge in [-0.25, -0.2) is 4.39 Å². The molecule has 4 nitrogen and oxygen atoms in total. The van der Waals surface area contributed by atoms with E-state index in [9.17, 15) is 14.3 Å². The lowest BCUT2D eigenvalue weighted by Crippen LogP contribution is -2.42. The molecule has 1 fully saturated rings. The van der Waals surface area contributed by atoms with E-state index in [0.29, 0.717) is 24.6 Å². The summed E-state index contributed by atoms with van der Waals surface area (Å²) in [4.78, 5) is 14.1. The number of piperidine rings is 1. The van der Waals surface area contributed by atoms with Gasteiger partial charge in [0, 0.05) is 6.54 Å². The third-order valence-corrected chi connectivity index (χ3v) is 4.41. The SMILES string of the molecule is Cc1ccc(CNC(=O)CN2CCC(C(C)O)CC2)cc1F. The highest BCUT2D eigenvalue weighted by Crippen LogP contribution is 2.20.